The Hall–Kier alpha value is -2.97. The number of benzene rings is 1. The lowest BCUT2D eigenvalue weighted by Crippen LogP contribution is -2.24. The van der Waals surface area contributed by atoms with E-state index in [1.807, 2.05) is 0 Å². The quantitative estimate of drug-likeness (QED) is 0.783. The van der Waals surface area contributed by atoms with E-state index in [1.54, 1.807) is 0 Å². The summed E-state index contributed by atoms with van der Waals surface area (Å²) < 4.78 is 40.0. The third-order valence-electron chi connectivity index (χ3n) is 3.24. The molecule has 1 N–H and O–H groups in total. The van der Waals surface area contributed by atoms with Gasteiger partial charge in [-0.1, -0.05) is 0 Å². The highest BCUT2D eigenvalue weighted by atomic mass is 19.4. The first-order chi connectivity index (χ1) is 10.9. The van der Waals surface area contributed by atoms with E-state index in [2.05, 4.69) is 20.3 Å². The van der Waals surface area contributed by atoms with Crippen molar-refractivity contribution in [2.24, 2.45) is 0 Å². The van der Waals surface area contributed by atoms with Crippen LogP contribution in [0.25, 0.3) is 16.7 Å². The van der Waals surface area contributed by atoms with E-state index in [9.17, 15) is 18.0 Å². The summed E-state index contributed by atoms with van der Waals surface area (Å²) in [5.74, 6) is 0.288. The maximum absolute atomic E-state index is 13.0. The SMILES string of the molecule is CNc1nc(=O)n(-c2cnccn2)c2cc(C(F)(F)F)ccc12. The van der Waals surface area contributed by atoms with Crippen molar-refractivity contribution in [2.75, 3.05) is 12.4 Å². The van der Waals surface area contributed by atoms with Crippen molar-refractivity contribution >= 4 is 16.7 Å². The Kier molecular flexibility index (Phi) is 3.47. The van der Waals surface area contributed by atoms with Crippen molar-refractivity contribution in [3.63, 3.8) is 0 Å². The van der Waals surface area contributed by atoms with E-state index in [0.29, 0.717) is 5.39 Å². The number of fused-ring (bicyclic) bond motifs is 1. The molecule has 0 aliphatic rings. The van der Waals surface area contributed by atoms with Crippen LogP contribution in [0.15, 0.2) is 41.6 Å². The maximum Gasteiger partial charge on any atom is 0.416 e. The minimum atomic E-state index is -4.53. The highest BCUT2D eigenvalue weighted by Crippen LogP contribution is 2.32. The summed E-state index contributed by atoms with van der Waals surface area (Å²) >= 11 is 0. The average molecular weight is 321 g/mol. The molecule has 0 amide bonds. The second kappa shape index (κ2) is 5.34. The summed E-state index contributed by atoms with van der Waals surface area (Å²) in [5, 5.41) is 3.07. The van der Waals surface area contributed by atoms with Crippen molar-refractivity contribution < 1.29 is 13.2 Å². The summed E-state index contributed by atoms with van der Waals surface area (Å²) in [6.45, 7) is 0. The largest absolute Gasteiger partial charge is 0.416 e. The fourth-order valence-electron chi connectivity index (χ4n) is 2.22. The molecule has 0 spiro atoms. The van der Waals surface area contributed by atoms with Crippen LogP contribution in [0.5, 0.6) is 0 Å². The molecule has 0 fully saturated rings. The molecule has 0 unspecified atom stereocenters. The summed E-state index contributed by atoms with van der Waals surface area (Å²) in [7, 11) is 1.53. The van der Waals surface area contributed by atoms with Crippen LogP contribution in [0.2, 0.25) is 0 Å². The molecule has 6 nitrogen and oxygen atoms in total. The van der Waals surface area contributed by atoms with Crippen LogP contribution >= 0.6 is 0 Å². The molecule has 0 bridgehead atoms. The molecule has 1 aromatic carbocycles. The fraction of sp³-hybridized carbons (Fsp3) is 0.143. The maximum atomic E-state index is 13.0. The number of nitrogens with one attached hydrogen (secondary N) is 1. The average Bonchev–Trinajstić information content (AvgIpc) is 2.53. The van der Waals surface area contributed by atoms with Crippen molar-refractivity contribution in [2.45, 2.75) is 6.18 Å². The second-order valence-corrected chi connectivity index (χ2v) is 4.62. The van der Waals surface area contributed by atoms with Gasteiger partial charge in [-0.25, -0.2) is 14.3 Å². The Morgan fingerprint density at radius 3 is 2.61 bits per heavy atom. The van der Waals surface area contributed by atoms with Crippen molar-refractivity contribution in [3.05, 3.63) is 52.8 Å². The van der Waals surface area contributed by atoms with Gasteiger partial charge in [-0.2, -0.15) is 18.2 Å². The van der Waals surface area contributed by atoms with E-state index < -0.39 is 17.4 Å². The van der Waals surface area contributed by atoms with E-state index in [4.69, 9.17) is 0 Å². The smallest absolute Gasteiger partial charge is 0.372 e. The molecule has 0 saturated carbocycles. The lowest BCUT2D eigenvalue weighted by Gasteiger charge is -2.14. The third kappa shape index (κ3) is 2.60. The number of halogens is 3. The van der Waals surface area contributed by atoms with E-state index in [-0.39, 0.29) is 17.2 Å². The zero-order valence-electron chi connectivity index (χ0n) is 11.8. The predicted octanol–water partition coefficient (Wildman–Crippen LogP) is 2.24. The topological polar surface area (TPSA) is 72.7 Å². The van der Waals surface area contributed by atoms with Crippen LogP contribution in [0.4, 0.5) is 19.0 Å². The molecule has 0 saturated heterocycles. The molecule has 3 aromatic rings. The Labute approximate surface area is 127 Å². The Bertz CT molecular complexity index is 921. The molecule has 0 aliphatic carbocycles. The van der Waals surface area contributed by atoms with Gasteiger partial charge in [-0.3, -0.25) is 4.98 Å². The summed E-state index contributed by atoms with van der Waals surface area (Å²) in [6, 6.07) is 3.10. The number of hydrogen-bond acceptors (Lipinski definition) is 5. The third-order valence-corrected chi connectivity index (χ3v) is 3.24. The first-order valence-corrected chi connectivity index (χ1v) is 6.50. The molecule has 0 atom stereocenters. The van der Waals surface area contributed by atoms with Gasteiger partial charge in [0.25, 0.3) is 0 Å². The normalized spacial score (nSPS) is 11.7. The highest BCUT2D eigenvalue weighted by Gasteiger charge is 2.31. The van der Waals surface area contributed by atoms with Gasteiger partial charge in [0.1, 0.15) is 5.82 Å². The minimum Gasteiger partial charge on any atom is -0.372 e. The van der Waals surface area contributed by atoms with Crippen molar-refractivity contribution in [1.29, 1.82) is 0 Å². The molecule has 0 aliphatic heterocycles. The number of alkyl halides is 3. The summed E-state index contributed by atoms with van der Waals surface area (Å²) in [5.41, 5.74) is -1.57. The summed E-state index contributed by atoms with van der Waals surface area (Å²) in [6.07, 6.45) is -0.511. The number of hydrogen-bond donors (Lipinski definition) is 1. The van der Waals surface area contributed by atoms with Crippen molar-refractivity contribution in [1.82, 2.24) is 19.5 Å². The van der Waals surface area contributed by atoms with Crippen molar-refractivity contribution in [3.8, 4) is 5.82 Å². The lowest BCUT2D eigenvalue weighted by molar-refractivity contribution is -0.137. The summed E-state index contributed by atoms with van der Waals surface area (Å²) in [4.78, 5) is 23.9. The minimum absolute atomic E-state index is 0.0460. The van der Waals surface area contributed by atoms with Gasteiger partial charge in [0.05, 0.1) is 17.3 Å². The van der Waals surface area contributed by atoms with Crippen LogP contribution < -0.4 is 11.0 Å². The Morgan fingerprint density at radius 1 is 1.22 bits per heavy atom. The van der Waals surface area contributed by atoms with E-state index >= 15 is 0 Å². The van der Waals surface area contributed by atoms with E-state index in [0.717, 1.165) is 16.7 Å². The first-order valence-electron chi connectivity index (χ1n) is 6.50. The first kappa shape index (κ1) is 14.9. The van der Waals surface area contributed by atoms with Crippen LogP contribution in [0.3, 0.4) is 0 Å². The molecule has 2 aromatic heterocycles. The Balaban J connectivity index is 2.43. The molecular formula is C14H10F3N5O. The van der Waals surface area contributed by atoms with Gasteiger partial charge < -0.3 is 5.32 Å². The molecule has 118 valence electrons. The standard InChI is InChI=1S/C14H10F3N5O/c1-18-12-9-3-2-8(14(15,16)17)6-10(9)22(13(23)21-12)11-7-19-4-5-20-11/h2-7H,1H3,(H,18,21,23). The Morgan fingerprint density at radius 2 is 2.00 bits per heavy atom. The van der Waals surface area contributed by atoms with Crippen LogP contribution in [-0.4, -0.2) is 26.6 Å². The van der Waals surface area contributed by atoms with Gasteiger partial charge in [0.15, 0.2) is 5.82 Å². The predicted molar refractivity (Wildman–Crippen MR) is 77.5 cm³/mol. The monoisotopic (exact) mass is 321 g/mol. The zero-order valence-corrected chi connectivity index (χ0v) is 11.8. The molecule has 23 heavy (non-hydrogen) atoms. The second-order valence-electron chi connectivity index (χ2n) is 4.62. The van der Waals surface area contributed by atoms with Gasteiger partial charge in [-0.15, -0.1) is 0 Å². The number of aromatic nitrogens is 4. The van der Waals surface area contributed by atoms with Gasteiger partial charge in [-0.05, 0) is 18.2 Å². The number of anilines is 1. The van der Waals surface area contributed by atoms with E-state index in [1.165, 1.54) is 31.7 Å². The molecule has 9 heteroatoms. The molecule has 2 heterocycles. The fourth-order valence-corrected chi connectivity index (χ4v) is 2.22. The zero-order chi connectivity index (χ0) is 16.6. The molecular weight excluding hydrogens is 311 g/mol. The lowest BCUT2D eigenvalue weighted by atomic mass is 10.1. The number of rotatable bonds is 2. The van der Waals surface area contributed by atoms with Gasteiger partial charge >= 0.3 is 11.9 Å². The van der Waals surface area contributed by atoms with Crippen LogP contribution in [-0.2, 0) is 6.18 Å². The highest BCUT2D eigenvalue weighted by molar-refractivity contribution is 5.90. The molecule has 0 radical (unpaired) electrons. The van der Waals surface area contributed by atoms with Gasteiger partial charge in [0, 0.05) is 24.8 Å². The van der Waals surface area contributed by atoms with Crippen LogP contribution in [0, 0.1) is 0 Å². The number of nitrogens with zero attached hydrogens (tertiary/aromatic N) is 4. The molecule has 3 rings (SSSR count). The van der Waals surface area contributed by atoms with Crippen LogP contribution in [0.1, 0.15) is 5.56 Å². The van der Waals surface area contributed by atoms with Gasteiger partial charge in [0.2, 0.25) is 0 Å².